The number of nitrogens with one attached hydrogen (secondary N) is 1. The van der Waals surface area contributed by atoms with Crippen molar-refractivity contribution >= 4 is 5.91 Å². The van der Waals surface area contributed by atoms with Gasteiger partial charge in [-0.05, 0) is 36.8 Å². The van der Waals surface area contributed by atoms with Gasteiger partial charge in [-0.15, -0.1) is 0 Å². The fourth-order valence-corrected chi connectivity index (χ4v) is 2.90. The molecule has 1 aromatic heterocycles. The number of amides is 1. The minimum Gasteiger partial charge on any atom is -0.496 e. The Labute approximate surface area is 136 Å². The second-order valence-electron chi connectivity index (χ2n) is 6.09. The van der Waals surface area contributed by atoms with Gasteiger partial charge in [-0.1, -0.05) is 18.2 Å². The van der Waals surface area contributed by atoms with Crippen LogP contribution in [0.25, 0.3) is 0 Å². The summed E-state index contributed by atoms with van der Waals surface area (Å²) in [7, 11) is 3.63. The minimum absolute atomic E-state index is 0.0279. The molecule has 0 spiro atoms. The van der Waals surface area contributed by atoms with E-state index < -0.39 is 0 Å². The number of imidazole rings is 1. The summed E-state index contributed by atoms with van der Waals surface area (Å²) >= 11 is 0. The van der Waals surface area contributed by atoms with Crippen molar-refractivity contribution in [3.63, 3.8) is 0 Å². The summed E-state index contributed by atoms with van der Waals surface area (Å²) < 4.78 is 7.33. The Morgan fingerprint density at radius 1 is 1.43 bits per heavy atom. The number of carbonyl (C=O) groups is 1. The number of nitrogens with zero attached hydrogens (tertiary/aromatic N) is 2. The number of aryl methyl sites for hydroxylation is 2. The van der Waals surface area contributed by atoms with Gasteiger partial charge in [0.25, 0.3) is 0 Å². The zero-order valence-corrected chi connectivity index (χ0v) is 13.7. The van der Waals surface area contributed by atoms with Gasteiger partial charge in [0.1, 0.15) is 11.6 Å². The molecule has 1 amide bonds. The number of rotatable bonds is 7. The molecular weight excluding hydrogens is 290 g/mol. The summed E-state index contributed by atoms with van der Waals surface area (Å²) in [5.41, 5.74) is 1.06. The highest BCUT2D eigenvalue weighted by Crippen LogP contribution is 2.40. The third-order valence-electron chi connectivity index (χ3n) is 4.36. The van der Waals surface area contributed by atoms with E-state index in [1.165, 1.54) is 0 Å². The number of benzene rings is 1. The molecule has 2 aromatic rings. The van der Waals surface area contributed by atoms with Crippen LogP contribution in [0, 0.1) is 5.92 Å². The maximum atomic E-state index is 12.4. The van der Waals surface area contributed by atoms with Crippen molar-refractivity contribution in [3.05, 3.63) is 48.0 Å². The second-order valence-corrected chi connectivity index (χ2v) is 6.09. The molecule has 122 valence electrons. The van der Waals surface area contributed by atoms with Crippen molar-refractivity contribution in [3.8, 4) is 5.75 Å². The Kier molecular flexibility index (Phi) is 4.65. The van der Waals surface area contributed by atoms with Gasteiger partial charge in [-0.2, -0.15) is 0 Å². The van der Waals surface area contributed by atoms with Gasteiger partial charge in [-0.3, -0.25) is 4.79 Å². The molecule has 0 aliphatic heterocycles. The highest BCUT2D eigenvalue weighted by molar-refractivity contribution is 5.76. The van der Waals surface area contributed by atoms with Gasteiger partial charge < -0.3 is 14.6 Å². The van der Waals surface area contributed by atoms with Gasteiger partial charge in [0.2, 0.25) is 5.91 Å². The van der Waals surface area contributed by atoms with Crippen molar-refractivity contribution in [2.75, 3.05) is 7.11 Å². The molecule has 1 aliphatic rings. The topological polar surface area (TPSA) is 56.1 Å². The maximum Gasteiger partial charge on any atom is 0.220 e. The van der Waals surface area contributed by atoms with Crippen molar-refractivity contribution in [2.45, 2.75) is 31.7 Å². The van der Waals surface area contributed by atoms with Crippen molar-refractivity contribution in [1.82, 2.24) is 14.9 Å². The van der Waals surface area contributed by atoms with Crippen molar-refractivity contribution in [1.29, 1.82) is 0 Å². The zero-order valence-electron chi connectivity index (χ0n) is 13.7. The molecule has 1 fully saturated rings. The summed E-state index contributed by atoms with van der Waals surface area (Å²) in [6.07, 6.45) is 7.15. The lowest BCUT2D eigenvalue weighted by molar-refractivity contribution is -0.122. The standard InChI is InChI=1S/C18H23N3O2/c1-21-12-11-19-18(21)17(14-7-8-14)20-16(22)10-9-13-5-3-4-6-15(13)23-2/h3-6,11-12,14,17H,7-10H2,1-2H3,(H,20,22)/t17-/m1/s1. The summed E-state index contributed by atoms with van der Waals surface area (Å²) in [5.74, 6) is 2.36. The second kappa shape index (κ2) is 6.86. The average Bonchev–Trinajstić information content (AvgIpc) is 3.32. The molecule has 1 atom stereocenters. The smallest absolute Gasteiger partial charge is 0.220 e. The Morgan fingerprint density at radius 2 is 2.22 bits per heavy atom. The monoisotopic (exact) mass is 313 g/mol. The van der Waals surface area contributed by atoms with E-state index in [-0.39, 0.29) is 11.9 Å². The van der Waals surface area contributed by atoms with E-state index in [0.29, 0.717) is 18.8 Å². The van der Waals surface area contributed by atoms with E-state index in [1.54, 1.807) is 13.3 Å². The van der Waals surface area contributed by atoms with Crippen LogP contribution in [0.15, 0.2) is 36.7 Å². The maximum absolute atomic E-state index is 12.4. The molecule has 1 heterocycles. The van der Waals surface area contributed by atoms with Gasteiger partial charge in [0.15, 0.2) is 0 Å². The van der Waals surface area contributed by atoms with Crippen LogP contribution in [0.4, 0.5) is 0 Å². The largest absolute Gasteiger partial charge is 0.496 e. The molecule has 1 saturated carbocycles. The number of ether oxygens (including phenoxy) is 1. The van der Waals surface area contributed by atoms with E-state index >= 15 is 0 Å². The Bertz CT molecular complexity index is 676. The zero-order chi connectivity index (χ0) is 16.2. The number of aromatic nitrogens is 2. The Balaban J connectivity index is 1.61. The number of para-hydroxylation sites is 1. The average molecular weight is 313 g/mol. The van der Waals surface area contributed by atoms with Gasteiger partial charge in [0, 0.05) is 25.9 Å². The quantitative estimate of drug-likeness (QED) is 0.855. The third-order valence-corrected chi connectivity index (χ3v) is 4.36. The van der Waals surface area contributed by atoms with Crippen LogP contribution < -0.4 is 10.1 Å². The molecular formula is C18H23N3O2. The first-order valence-electron chi connectivity index (χ1n) is 8.07. The molecule has 0 unspecified atom stereocenters. The van der Waals surface area contributed by atoms with Crippen LogP contribution in [-0.2, 0) is 18.3 Å². The summed E-state index contributed by atoms with van der Waals surface area (Å²) in [4.78, 5) is 16.8. The molecule has 1 N–H and O–H groups in total. The van der Waals surface area contributed by atoms with Crippen LogP contribution in [0.2, 0.25) is 0 Å². The summed E-state index contributed by atoms with van der Waals surface area (Å²) in [6.45, 7) is 0. The minimum atomic E-state index is 0.0279. The molecule has 0 saturated heterocycles. The van der Waals surface area contributed by atoms with E-state index in [0.717, 1.165) is 30.0 Å². The highest BCUT2D eigenvalue weighted by Gasteiger charge is 2.35. The third kappa shape index (κ3) is 3.73. The fraction of sp³-hybridized carbons (Fsp3) is 0.444. The lowest BCUT2D eigenvalue weighted by Crippen LogP contribution is -2.31. The lowest BCUT2D eigenvalue weighted by Gasteiger charge is -2.18. The van der Waals surface area contributed by atoms with Crippen LogP contribution in [-0.4, -0.2) is 22.6 Å². The lowest BCUT2D eigenvalue weighted by atomic mass is 10.1. The molecule has 5 nitrogen and oxygen atoms in total. The Hall–Kier alpha value is -2.30. The molecule has 3 rings (SSSR count). The number of hydrogen-bond donors (Lipinski definition) is 1. The molecule has 23 heavy (non-hydrogen) atoms. The van der Waals surface area contributed by atoms with Crippen LogP contribution in [0.5, 0.6) is 5.75 Å². The van der Waals surface area contributed by atoms with Crippen molar-refractivity contribution < 1.29 is 9.53 Å². The molecule has 5 heteroatoms. The normalized spacial score (nSPS) is 15.2. The first-order valence-corrected chi connectivity index (χ1v) is 8.07. The summed E-state index contributed by atoms with van der Waals surface area (Å²) in [6, 6.07) is 7.86. The fourth-order valence-electron chi connectivity index (χ4n) is 2.90. The SMILES string of the molecule is COc1ccccc1CCC(=O)N[C@@H](c1nccn1C)C1CC1. The van der Waals surface area contributed by atoms with Gasteiger partial charge in [0.05, 0.1) is 13.2 Å². The molecule has 0 bridgehead atoms. The first-order chi connectivity index (χ1) is 11.2. The van der Waals surface area contributed by atoms with E-state index in [4.69, 9.17) is 4.74 Å². The summed E-state index contributed by atoms with van der Waals surface area (Å²) in [5, 5.41) is 3.17. The predicted molar refractivity (Wildman–Crippen MR) is 88.1 cm³/mol. The van der Waals surface area contributed by atoms with Crippen molar-refractivity contribution in [2.24, 2.45) is 13.0 Å². The number of carbonyl (C=O) groups excluding carboxylic acids is 1. The number of hydrogen-bond acceptors (Lipinski definition) is 3. The highest BCUT2D eigenvalue weighted by atomic mass is 16.5. The van der Waals surface area contributed by atoms with E-state index in [2.05, 4.69) is 10.3 Å². The predicted octanol–water partition coefficient (Wildman–Crippen LogP) is 2.63. The molecule has 1 aliphatic carbocycles. The van der Waals surface area contributed by atoms with Crippen LogP contribution >= 0.6 is 0 Å². The Morgan fingerprint density at radius 3 is 2.87 bits per heavy atom. The first kappa shape index (κ1) is 15.6. The molecule has 1 aromatic carbocycles. The van der Waals surface area contributed by atoms with Gasteiger partial charge >= 0.3 is 0 Å². The van der Waals surface area contributed by atoms with Gasteiger partial charge in [-0.25, -0.2) is 4.98 Å². The van der Waals surface area contributed by atoms with E-state index in [9.17, 15) is 4.79 Å². The number of methoxy groups -OCH3 is 1. The molecule has 0 radical (unpaired) electrons. The van der Waals surface area contributed by atoms with Crippen LogP contribution in [0.3, 0.4) is 0 Å². The van der Waals surface area contributed by atoms with Crippen LogP contribution in [0.1, 0.15) is 36.7 Å². The van der Waals surface area contributed by atoms with E-state index in [1.807, 2.05) is 42.1 Å².